The largest absolute Gasteiger partial charge is 0.486 e. The summed E-state index contributed by atoms with van der Waals surface area (Å²) in [5.74, 6) is -1.81. The normalized spacial score (nSPS) is 16.2. The summed E-state index contributed by atoms with van der Waals surface area (Å²) < 4.78 is 33.7. The third-order valence-electron chi connectivity index (χ3n) is 6.25. The summed E-state index contributed by atoms with van der Waals surface area (Å²) >= 11 is 0. The number of amides is 1. The summed E-state index contributed by atoms with van der Waals surface area (Å²) in [5.41, 5.74) is 2.63. The molecule has 1 N–H and O–H groups in total. The van der Waals surface area contributed by atoms with E-state index in [4.69, 9.17) is 4.74 Å². The lowest BCUT2D eigenvalue weighted by atomic mass is 9.74. The number of anilines is 1. The predicted octanol–water partition coefficient (Wildman–Crippen LogP) is 5.48. The third-order valence-corrected chi connectivity index (χ3v) is 6.25. The van der Waals surface area contributed by atoms with E-state index in [9.17, 15) is 18.4 Å². The molecule has 1 aromatic heterocycles. The molecule has 32 heavy (non-hydrogen) atoms. The van der Waals surface area contributed by atoms with Crippen LogP contribution in [-0.2, 0) is 0 Å². The Morgan fingerprint density at radius 3 is 2.38 bits per heavy atom. The summed E-state index contributed by atoms with van der Waals surface area (Å²) in [6, 6.07) is 10.4. The van der Waals surface area contributed by atoms with Crippen molar-refractivity contribution in [3.8, 4) is 16.9 Å². The number of Topliss-reactive ketones (excluding diaryl/α,β-unsaturated/α-hetero) is 1. The van der Waals surface area contributed by atoms with Gasteiger partial charge in [0, 0.05) is 5.56 Å². The van der Waals surface area contributed by atoms with Crippen molar-refractivity contribution in [1.29, 1.82) is 0 Å². The summed E-state index contributed by atoms with van der Waals surface area (Å²) in [5, 5.41) is 2.25. The Morgan fingerprint density at radius 2 is 1.75 bits per heavy atom. The lowest BCUT2D eigenvalue weighted by Gasteiger charge is -2.44. The number of hydrogen-bond donors (Lipinski definition) is 1. The van der Waals surface area contributed by atoms with E-state index in [2.05, 4.69) is 10.3 Å². The quantitative estimate of drug-likeness (QED) is 0.593. The average molecular weight is 434 g/mol. The number of ketones is 1. The molecule has 0 radical (unpaired) electrons. The van der Waals surface area contributed by atoms with Gasteiger partial charge in [-0.05, 0) is 67.1 Å². The second kappa shape index (κ2) is 7.51. The Balaban J connectivity index is 1.41. The van der Waals surface area contributed by atoms with Gasteiger partial charge in [-0.2, -0.15) is 0 Å². The average Bonchev–Trinajstić information content (AvgIpc) is 2.75. The minimum Gasteiger partial charge on any atom is -0.486 e. The van der Waals surface area contributed by atoms with E-state index in [1.54, 1.807) is 24.3 Å². The number of ether oxygens (including phenoxy) is 1. The van der Waals surface area contributed by atoms with Crippen LogP contribution < -0.4 is 10.1 Å². The summed E-state index contributed by atoms with van der Waals surface area (Å²) in [4.78, 5) is 28.5. The molecule has 0 unspecified atom stereocenters. The molecule has 5 nitrogen and oxygen atoms in total. The molecule has 2 aromatic carbocycles. The molecule has 5 rings (SSSR count). The first-order chi connectivity index (χ1) is 15.3. The van der Waals surface area contributed by atoms with Crippen LogP contribution in [0, 0.1) is 18.6 Å². The first kappa shape index (κ1) is 20.3. The number of pyridine rings is 1. The number of hydrogen-bond acceptors (Lipinski definition) is 4. The highest BCUT2D eigenvalue weighted by molar-refractivity contribution is 6.05. The summed E-state index contributed by atoms with van der Waals surface area (Å²) in [7, 11) is 0. The Morgan fingerprint density at radius 1 is 1.06 bits per heavy atom. The number of halogens is 2. The van der Waals surface area contributed by atoms with Gasteiger partial charge < -0.3 is 10.1 Å². The smallest absolute Gasteiger partial charge is 0.255 e. The van der Waals surface area contributed by atoms with E-state index < -0.39 is 23.2 Å². The van der Waals surface area contributed by atoms with Crippen LogP contribution in [0.3, 0.4) is 0 Å². The van der Waals surface area contributed by atoms with Gasteiger partial charge in [0.05, 0.1) is 24.4 Å². The third kappa shape index (κ3) is 3.43. The van der Waals surface area contributed by atoms with E-state index in [0.717, 1.165) is 48.3 Å². The van der Waals surface area contributed by atoms with Crippen molar-refractivity contribution < 1.29 is 23.1 Å². The van der Waals surface area contributed by atoms with Crippen molar-refractivity contribution in [2.24, 2.45) is 0 Å². The number of aryl methyl sites for hydroxylation is 1. The van der Waals surface area contributed by atoms with Gasteiger partial charge in [0.15, 0.2) is 17.4 Å². The van der Waals surface area contributed by atoms with Gasteiger partial charge in [-0.1, -0.05) is 12.1 Å². The highest BCUT2D eigenvalue weighted by Crippen LogP contribution is 2.46. The fraction of sp³-hybridized carbons (Fsp3) is 0.240. The Bertz CT molecular complexity index is 1230. The SMILES string of the molecule is Cc1cc2c(cc1-c1ccc(C(=O)Nc3c(F)cncc3F)cc1)OC1(CCC1)CC2=O. The van der Waals surface area contributed by atoms with Crippen LogP contribution in [0.2, 0.25) is 0 Å². The number of carbonyl (C=O) groups excluding carboxylic acids is 2. The molecule has 1 spiro atoms. The maximum Gasteiger partial charge on any atom is 0.255 e. The minimum absolute atomic E-state index is 0.114. The molecule has 2 heterocycles. The van der Waals surface area contributed by atoms with Crippen molar-refractivity contribution in [2.75, 3.05) is 5.32 Å². The van der Waals surface area contributed by atoms with Crippen LogP contribution in [0.15, 0.2) is 48.8 Å². The first-order valence-corrected chi connectivity index (χ1v) is 10.4. The maximum atomic E-state index is 13.8. The molecule has 1 saturated carbocycles. The predicted molar refractivity (Wildman–Crippen MR) is 115 cm³/mol. The highest BCUT2D eigenvalue weighted by Gasteiger charge is 2.45. The molecule has 7 heteroatoms. The molecule has 1 fully saturated rings. The number of carbonyl (C=O) groups is 2. The molecule has 0 bridgehead atoms. The molecule has 1 amide bonds. The van der Waals surface area contributed by atoms with E-state index in [-0.39, 0.29) is 16.9 Å². The molecule has 0 saturated heterocycles. The molecule has 1 aliphatic carbocycles. The molecule has 1 aliphatic heterocycles. The van der Waals surface area contributed by atoms with Crippen LogP contribution in [0.1, 0.15) is 52.0 Å². The maximum absolute atomic E-state index is 13.8. The zero-order valence-electron chi connectivity index (χ0n) is 17.4. The fourth-order valence-electron chi connectivity index (χ4n) is 4.33. The van der Waals surface area contributed by atoms with Gasteiger partial charge in [0.1, 0.15) is 17.0 Å². The number of rotatable bonds is 3. The van der Waals surface area contributed by atoms with Crippen LogP contribution in [0.4, 0.5) is 14.5 Å². The van der Waals surface area contributed by atoms with Gasteiger partial charge in [-0.25, -0.2) is 8.78 Å². The molecular weight excluding hydrogens is 414 g/mol. The van der Waals surface area contributed by atoms with E-state index in [1.165, 1.54) is 0 Å². The number of aromatic nitrogens is 1. The molecule has 162 valence electrons. The van der Waals surface area contributed by atoms with Crippen molar-refractivity contribution in [3.05, 3.63) is 77.1 Å². The standard InChI is InChI=1S/C25H20F2N2O3/c1-14-9-18-21(30)11-25(7-2-8-25)32-22(18)10-17(14)15-3-5-16(6-4-15)24(31)29-23-19(26)12-28-13-20(23)27/h3-6,9-10,12-13H,2,7-8,11H2,1H3,(H,28,29,31). The second-order valence-electron chi connectivity index (χ2n) is 8.41. The number of fused-ring (bicyclic) bond motifs is 1. The van der Waals surface area contributed by atoms with Crippen LogP contribution in [-0.4, -0.2) is 22.3 Å². The Hall–Kier alpha value is -3.61. The van der Waals surface area contributed by atoms with Crippen molar-refractivity contribution in [2.45, 2.75) is 38.2 Å². The zero-order chi connectivity index (χ0) is 22.5. The number of nitrogens with one attached hydrogen (secondary N) is 1. The van der Waals surface area contributed by atoms with E-state index in [0.29, 0.717) is 17.7 Å². The van der Waals surface area contributed by atoms with Crippen LogP contribution in [0.5, 0.6) is 5.75 Å². The zero-order valence-corrected chi connectivity index (χ0v) is 17.4. The summed E-state index contributed by atoms with van der Waals surface area (Å²) in [6.45, 7) is 1.92. The number of benzene rings is 2. The lowest BCUT2D eigenvalue weighted by molar-refractivity contribution is -0.0177. The van der Waals surface area contributed by atoms with Crippen molar-refractivity contribution >= 4 is 17.4 Å². The fourth-order valence-corrected chi connectivity index (χ4v) is 4.33. The van der Waals surface area contributed by atoms with Gasteiger partial charge in [-0.3, -0.25) is 14.6 Å². The van der Waals surface area contributed by atoms with Gasteiger partial charge in [0.25, 0.3) is 5.91 Å². The van der Waals surface area contributed by atoms with Crippen molar-refractivity contribution in [3.63, 3.8) is 0 Å². The molecule has 2 aliphatic rings. The van der Waals surface area contributed by atoms with Gasteiger partial charge in [-0.15, -0.1) is 0 Å². The molecule has 3 aromatic rings. The Labute approximate surface area is 183 Å². The van der Waals surface area contributed by atoms with Gasteiger partial charge in [0.2, 0.25) is 0 Å². The minimum atomic E-state index is -0.946. The Kier molecular flexibility index (Phi) is 4.77. The lowest BCUT2D eigenvalue weighted by Crippen LogP contribution is -2.47. The van der Waals surface area contributed by atoms with Crippen molar-refractivity contribution in [1.82, 2.24) is 4.98 Å². The van der Waals surface area contributed by atoms with E-state index in [1.807, 2.05) is 19.1 Å². The summed E-state index contributed by atoms with van der Waals surface area (Å²) in [6.07, 6.45) is 4.95. The van der Waals surface area contributed by atoms with Crippen LogP contribution in [0.25, 0.3) is 11.1 Å². The first-order valence-electron chi connectivity index (χ1n) is 10.4. The highest BCUT2D eigenvalue weighted by atomic mass is 19.1. The molecule has 0 atom stereocenters. The molecular formula is C25H20F2N2O3. The van der Waals surface area contributed by atoms with Gasteiger partial charge >= 0.3 is 0 Å². The topological polar surface area (TPSA) is 68.3 Å². The van der Waals surface area contributed by atoms with Crippen LogP contribution >= 0.6 is 0 Å². The number of nitrogens with zero attached hydrogens (tertiary/aromatic N) is 1. The van der Waals surface area contributed by atoms with E-state index >= 15 is 0 Å². The monoisotopic (exact) mass is 434 g/mol. The second-order valence-corrected chi connectivity index (χ2v) is 8.41.